The summed E-state index contributed by atoms with van der Waals surface area (Å²) < 4.78 is 10.9. The van der Waals surface area contributed by atoms with Crippen LogP contribution in [-0.2, 0) is 9.53 Å². The molecule has 2 N–H and O–H groups in total. The van der Waals surface area contributed by atoms with Crippen molar-refractivity contribution in [2.45, 2.75) is 13.0 Å². The zero-order valence-electron chi connectivity index (χ0n) is 16.8. The first-order valence-corrected chi connectivity index (χ1v) is 9.88. The quantitative estimate of drug-likeness (QED) is 0.524. The molecule has 7 heteroatoms. The highest BCUT2D eigenvalue weighted by atomic mass is 35.5. The maximum absolute atomic E-state index is 12.7. The van der Waals surface area contributed by atoms with E-state index in [0.29, 0.717) is 23.7 Å². The number of hydrogen-bond acceptors (Lipinski definition) is 4. The Morgan fingerprint density at radius 2 is 1.90 bits per heavy atom. The lowest BCUT2D eigenvalue weighted by atomic mass is 10.0. The van der Waals surface area contributed by atoms with E-state index in [0.717, 1.165) is 16.9 Å². The van der Waals surface area contributed by atoms with Gasteiger partial charge in [0.1, 0.15) is 17.6 Å². The van der Waals surface area contributed by atoms with Crippen molar-refractivity contribution in [1.29, 1.82) is 0 Å². The van der Waals surface area contributed by atoms with Gasteiger partial charge in [-0.15, -0.1) is 0 Å². The highest BCUT2D eigenvalue weighted by Crippen LogP contribution is 2.30. The highest BCUT2D eigenvalue weighted by molar-refractivity contribution is 6.30. The molecule has 3 rings (SSSR count). The summed E-state index contributed by atoms with van der Waals surface area (Å²) in [5.74, 6) is -0.0510. The predicted octanol–water partition coefficient (Wildman–Crippen LogP) is 3.58. The molecule has 0 saturated heterocycles. The van der Waals surface area contributed by atoms with E-state index in [4.69, 9.17) is 21.1 Å². The van der Waals surface area contributed by atoms with Crippen LogP contribution in [0.3, 0.4) is 0 Å². The maximum Gasteiger partial charge on any atom is 0.267 e. The summed E-state index contributed by atoms with van der Waals surface area (Å²) in [6, 6.07) is 14.1. The molecule has 1 atom stereocenters. The number of halogens is 1. The number of hydrogen-bond donors (Lipinski definition) is 2. The molecular weight excluding hydrogens is 404 g/mol. The molecule has 1 heterocycles. The largest absolute Gasteiger partial charge is 0.485 e. The zero-order chi connectivity index (χ0) is 21.5. The van der Waals surface area contributed by atoms with Crippen molar-refractivity contribution in [2.75, 3.05) is 20.3 Å². The first-order valence-electron chi connectivity index (χ1n) is 9.51. The van der Waals surface area contributed by atoms with E-state index in [1.807, 2.05) is 37.3 Å². The van der Waals surface area contributed by atoms with Gasteiger partial charge in [0.2, 0.25) is 0 Å². The standard InChI is InChI=1S/C23H23ClN2O4/c1-15-18(13-17-5-3-4-6-21(17)30-15)14-20(23(28)25-11-12-29-2)26-22(27)16-7-9-19(24)10-8-16/h3-10,13-15H,11-12H2,1-2H3,(H,25,28)(H,26,27)/b20-14-. The van der Waals surface area contributed by atoms with Gasteiger partial charge in [-0.2, -0.15) is 0 Å². The molecule has 2 amide bonds. The Balaban J connectivity index is 1.88. The SMILES string of the molecule is COCCNC(=O)/C(=C/C1=Cc2ccccc2OC1C)NC(=O)c1ccc(Cl)cc1. The lowest BCUT2D eigenvalue weighted by Crippen LogP contribution is -2.36. The molecule has 0 radical (unpaired) electrons. The fourth-order valence-corrected chi connectivity index (χ4v) is 3.03. The second-order valence-electron chi connectivity index (χ2n) is 6.71. The summed E-state index contributed by atoms with van der Waals surface area (Å²) in [6.45, 7) is 2.57. The normalized spacial score (nSPS) is 15.5. The number of methoxy groups -OCH3 is 1. The van der Waals surface area contributed by atoms with Gasteiger partial charge in [-0.25, -0.2) is 0 Å². The molecule has 2 aromatic carbocycles. The molecule has 0 aromatic heterocycles. The first kappa shape index (κ1) is 21.6. The van der Waals surface area contributed by atoms with E-state index in [1.54, 1.807) is 37.5 Å². The third kappa shape index (κ3) is 5.49. The molecule has 0 spiro atoms. The molecule has 0 fully saturated rings. The van der Waals surface area contributed by atoms with Gasteiger partial charge < -0.3 is 20.1 Å². The molecule has 6 nitrogen and oxygen atoms in total. The number of fused-ring (bicyclic) bond motifs is 1. The molecular formula is C23H23ClN2O4. The third-order valence-electron chi connectivity index (χ3n) is 4.52. The molecule has 1 aliphatic rings. The van der Waals surface area contributed by atoms with Gasteiger partial charge in [0.05, 0.1) is 6.61 Å². The lowest BCUT2D eigenvalue weighted by Gasteiger charge is -2.23. The minimum atomic E-state index is -0.415. The monoisotopic (exact) mass is 426 g/mol. The van der Waals surface area contributed by atoms with Crippen LogP contribution in [0.15, 0.2) is 65.9 Å². The molecule has 30 heavy (non-hydrogen) atoms. The highest BCUT2D eigenvalue weighted by Gasteiger charge is 2.20. The second-order valence-corrected chi connectivity index (χ2v) is 7.15. The zero-order valence-corrected chi connectivity index (χ0v) is 17.5. The molecule has 0 bridgehead atoms. The van der Waals surface area contributed by atoms with Crippen molar-refractivity contribution < 1.29 is 19.1 Å². The van der Waals surface area contributed by atoms with Crippen molar-refractivity contribution in [1.82, 2.24) is 10.6 Å². The summed E-state index contributed by atoms with van der Waals surface area (Å²) in [6.07, 6.45) is 3.30. The number of ether oxygens (including phenoxy) is 2. The average Bonchev–Trinajstić information content (AvgIpc) is 2.74. The lowest BCUT2D eigenvalue weighted by molar-refractivity contribution is -0.118. The molecule has 2 aromatic rings. The molecule has 1 aliphatic heterocycles. The smallest absolute Gasteiger partial charge is 0.267 e. The van der Waals surface area contributed by atoms with Crippen LogP contribution < -0.4 is 15.4 Å². The van der Waals surface area contributed by atoms with Gasteiger partial charge >= 0.3 is 0 Å². The van der Waals surface area contributed by atoms with E-state index in [2.05, 4.69) is 10.6 Å². The van der Waals surface area contributed by atoms with E-state index >= 15 is 0 Å². The second kappa shape index (κ2) is 10.1. The van der Waals surface area contributed by atoms with Crippen molar-refractivity contribution >= 4 is 29.5 Å². The van der Waals surface area contributed by atoms with E-state index in [-0.39, 0.29) is 11.8 Å². The summed E-state index contributed by atoms with van der Waals surface area (Å²) in [4.78, 5) is 25.4. The Kier molecular flexibility index (Phi) is 7.27. The molecule has 0 aliphatic carbocycles. The average molecular weight is 427 g/mol. The van der Waals surface area contributed by atoms with E-state index < -0.39 is 11.8 Å². The first-order chi connectivity index (χ1) is 14.5. The van der Waals surface area contributed by atoms with Crippen LogP contribution >= 0.6 is 11.6 Å². The Morgan fingerprint density at radius 3 is 2.63 bits per heavy atom. The third-order valence-corrected chi connectivity index (χ3v) is 4.77. The minimum Gasteiger partial charge on any atom is -0.485 e. The topological polar surface area (TPSA) is 76.7 Å². The number of para-hydroxylation sites is 1. The van der Waals surface area contributed by atoms with Crippen LogP contribution in [0.2, 0.25) is 5.02 Å². The van der Waals surface area contributed by atoms with Gasteiger partial charge in [0, 0.05) is 29.8 Å². The molecule has 0 saturated carbocycles. The van der Waals surface area contributed by atoms with Crippen LogP contribution in [-0.4, -0.2) is 38.2 Å². The van der Waals surface area contributed by atoms with Gasteiger partial charge in [-0.05, 0) is 55.0 Å². The number of nitrogens with one attached hydrogen (secondary N) is 2. The van der Waals surface area contributed by atoms with Gasteiger partial charge in [0.25, 0.3) is 11.8 Å². The maximum atomic E-state index is 12.7. The number of amides is 2. The number of benzene rings is 2. The Bertz CT molecular complexity index is 983. The summed E-state index contributed by atoms with van der Waals surface area (Å²) in [5.41, 5.74) is 2.18. The van der Waals surface area contributed by atoms with E-state index in [1.165, 1.54) is 0 Å². The summed E-state index contributed by atoms with van der Waals surface area (Å²) in [7, 11) is 1.55. The van der Waals surface area contributed by atoms with Crippen LogP contribution in [0, 0.1) is 0 Å². The Hall–Kier alpha value is -3.09. The number of carbonyl (C=O) groups excluding carboxylic acids is 2. The van der Waals surface area contributed by atoms with Crippen LogP contribution in [0.5, 0.6) is 5.75 Å². The Morgan fingerprint density at radius 1 is 1.17 bits per heavy atom. The predicted molar refractivity (Wildman–Crippen MR) is 116 cm³/mol. The van der Waals surface area contributed by atoms with Gasteiger partial charge in [-0.3, -0.25) is 9.59 Å². The van der Waals surface area contributed by atoms with Crippen LogP contribution in [0.25, 0.3) is 6.08 Å². The fourth-order valence-electron chi connectivity index (χ4n) is 2.90. The van der Waals surface area contributed by atoms with Crippen molar-refractivity contribution in [3.05, 3.63) is 82.0 Å². The fraction of sp³-hybridized carbons (Fsp3) is 0.217. The molecule has 1 unspecified atom stereocenters. The number of carbonyl (C=O) groups is 2. The van der Waals surface area contributed by atoms with Crippen LogP contribution in [0.1, 0.15) is 22.8 Å². The van der Waals surface area contributed by atoms with Crippen molar-refractivity contribution in [3.8, 4) is 5.75 Å². The van der Waals surface area contributed by atoms with Crippen LogP contribution in [0.4, 0.5) is 0 Å². The van der Waals surface area contributed by atoms with Gasteiger partial charge in [-0.1, -0.05) is 29.8 Å². The van der Waals surface area contributed by atoms with Gasteiger partial charge in [0.15, 0.2) is 0 Å². The number of rotatable bonds is 7. The van der Waals surface area contributed by atoms with Crippen molar-refractivity contribution in [2.24, 2.45) is 0 Å². The minimum absolute atomic E-state index is 0.118. The summed E-state index contributed by atoms with van der Waals surface area (Å²) in [5, 5.41) is 5.96. The summed E-state index contributed by atoms with van der Waals surface area (Å²) >= 11 is 5.89. The Labute approximate surface area is 180 Å². The van der Waals surface area contributed by atoms with E-state index in [9.17, 15) is 9.59 Å². The van der Waals surface area contributed by atoms with Crippen molar-refractivity contribution in [3.63, 3.8) is 0 Å². The molecule has 156 valence electrons.